The predicted molar refractivity (Wildman–Crippen MR) is 172 cm³/mol. The number of nitrogens with zero attached hydrogens (tertiary/aromatic N) is 4. The smallest absolute Gasteiger partial charge is 0.258 e. The van der Waals surface area contributed by atoms with E-state index < -0.39 is 17.3 Å². The molecule has 244 valence electrons. The van der Waals surface area contributed by atoms with E-state index in [-0.39, 0.29) is 29.6 Å². The van der Waals surface area contributed by atoms with Gasteiger partial charge in [0.25, 0.3) is 5.92 Å². The van der Waals surface area contributed by atoms with E-state index in [1.165, 1.54) is 0 Å². The zero-order valence-electron chi connectivity index (χ0n) is 26.4. The number of benzene rings is 1. The molecule has 0 bridgehead atoms. The average molecular weight is 642 g/mol. The Morgan fingerprint density at radius 2 is 1.91 bits per heavy atom. The summed E-state index contributed by atoms with van der Waals surface area (Å²) in [5.41, 5.74) is 4.62. The number of halogens is 2. The van der Waals surface area contributed by atoms with Crippen molar-refractivity contribution in [1.29, 1.82) is 0 Å². The lowest BCUT2D eigenvalue weighted by Gasteiger charge is -2.33. The van der Waals surface area contributed by atoms with E-state index >= 15 is 0 Å². The number of nitrogens with one attached hydrogen (secondary N) is 3. The SMILES string of the molecule is CN(C(=O)CC1CCN(c2ccc(C3CCC(=O)NC3=O)cn2)CC1)c1ccc2cc(-c3n[nH]c4c3CC3C(F)(F)C3(C)C4)[nH]c2c1. The van der Waals surface area contributed by atoms with E-state index in [1.807, 2.05) is 36.4 Å². The van der Waals surface area contributed by atoms with Crippen molar-refractivity contribution in [2.75, 3.05) is 29.9 Å². The first-order valence-electron chi connectivity index (χ1n) is 16.4. The summed E-state index contributed by atoms with van der Waals surface area (Å²) in [5, 5.41) is 10.9. The Hall–Kier alpha value is -4.61. The molecule has 3 aromatic heterocycles. The van der Waals surface area contributed by atoms with Gasteiger partial charge in [0.1, 0.15) is 11.5 Å². The van der Waals surface area contributed by atoms with E-state index in [0.717, 1.165) is 70.9 Å². The van der Waals surface area contributed by atoms with E-state index in [9.17, 15) is 23.2 Å². The molecule has 47 heavy (non-hydrogen) atoms. The molecule has 2 saturated heterocycles. The summed E-state index contributed by atoms with van der Waals surface area (Å²) in [5.74, 6) is -2.97. The highest BCUT2D eigenvalue weighted by molar-refractivity contribution is 6.01. The number of carbonyl (C=O) groups excluding carboxylic acids is 3. The number of imide groups is 1. The number of aromatic nitrogens is 4. The monoisotopic (exact) mass is 641 g/mol. The van der Waals surface area contributed by atoms with Crippen LogP contribution in [0.2, 0.25) is 0 Å². The summed E-state index contributed by atoms with van der Waals surface area (Å²) in [7, 11) is 1.80. The number of carbonyl (C=O) groups is 3. The molecule has 5 heterocycles. The number of hydrogen-bond donors (Lipinski definition) is 3. The molecule has 3 fully saturated rings. The van der Waals surface area contributed by atoms with Crippen LogP contribution in [0.25, 0.3) is 22.3 Å². The number of aromatic amines is 2. The molecule has 0 spiro atoms. The maximum Gasteiger partial charge on any atom is 0.258 e. The number of anilines is 2. The van der Waals surface area contributed by atoms with E-state index in [0.29, 0.717) is 37.8 Å². The van der Waals surface area contributed by atoms with Crippen molar-refractivity contribution < 1.29 is 23.2 Å². The molecule has 4 aliphatic rings. The van der Waals surface area contributed by atoms with Crippen molar-refractivity contribution in [1.82, 2.24) is 25.5 Å². The second-order valence-corrected chi connectivity index (χ2v) is 14.0. The Morgan fingerprint density at radius 1 is 1.11 bits per heavy atom. The van der Waals surface area contributed by atoms with Crippen molar-refractivity contribution in [3.8, 4) is 11.4 Å². The van der Waals surface area contributed by atoms with Gasteiger partial charge in [0.15, 0.2) is 0 Å². The molecule has 0 radical (unpaired) electrons. The van der Waals surface area contributed by atoms with Crippen molar-refractivity contribution in [2.45, 2.75) is 63.7 Å². The summed E-state index contributed by atoms with van der Waals surface area (Å²) in [4.78, 5) is 49.0. The van der Waals surface area contributed by atoms with Crippen LogP contribution in [-0.2, 0) is 27.2 Å². The fraction of sp³-hybridized carbons (Fsp3) is 0.457. The third-order valence-corrected chi connectivity index (χ3v) is 11.2. The normalized spacial score (nSPS) is 25.3. The zero-order chi connectivity index (χ0) is 32.7. The number of piperidine rings is 2. The minimum Gasteiger partial charge on any atom is -0.357 e. The number of hydrogen-bond acceptors (Lipinski definition) is 6. The molecular formula is C35H37F2N7O3. The van der Waals surface area contributed by atoms with E-state index in [4.69, 9.17) is 0 Å². The van der Waals surface area contributed by atoms with Gasteiger partial charge < -0.3 is 14.8 Å². The van der Waals surface area contributed by atoms with E-state index in [1.54, 1.807) is 25.1 Å². The van der Waals surface area contributed by atoms with Crippen molar-refractivity contribution >= 4 is 40.1 Å². The Labute approximate surface area is 270 Å². The minimum atomic E-state index is -2.64. The Kier molecular flexibility index (Phi) is 6.79. The van der Waals surface area contributed by atoms with Crippen LogP contribution in [0.3, 0.4) is 0 Å². The molecule has 8 rings (SSSR count). The quantitative estimate of drug-likeness (QED) is 0.251. The summed E-state index contributed by atoms with van der Waals surface area (Å²) >= 11 is 0. The van der Waals surface area contributed by atoms with Crippen molar-refractivity contribution in [2.24, 2.45) is 17.3 Å². The molecule has 3 atom stereocenters. The van der Waals surface area contributed by atoms with Crippen LogP contribution in [0.4, 0.5) is 20.3 Å². The van der Waals surface area contributed by atoms with Gasteiger partial charge in [-0.25, -0.2) is 13.8 Å². The van der Waals surface area contributed by atoms with Crippen molar-refractivity contribution in [3.05, 3.63) is 59.4 Å². The largest absolute Gasteiger partial charge is 0.357 e. The van der Waals surface area contributed by atoms with Crippen LogP contribution < -0.4 is 15.1 Å². The predicted octanol–water partition coefficient (Wildman–Crippen LogP) is 5.11. The number of H-pyrrole nitrogens is 2. The molecule has 1 saturated carbocycles. The highest BCUT2D eigenvalue weighted by atomic mass is 19.3. The molecule has 12 heteroatoms. The van der Waals surface area contributed by atoms with Gasteiger partial charge in [0, 0.05) is 84.8 Å². The van der Waals surface area contributed by atoms with Crippen molar-refractivity contribution in [3.63, 3.8) is 0 Å². The average Bonchev–Trinajstić information content (AvgIpc) is 3.45. The van der Waals surface area contributed by atoms with Crippen LogP contribution in [0.15, 0.2) is 42.6 Å². The maximum absolute atomic E-state index is 14.4. The zero-order valence-corrected chi connectivity index (χ0v) is 26.4. The van der Waals surface area contributed by atoms with Gasteiger partial charge in [-0.15, -0.1) is 0 Å². The molecule has 4 aromatic rings. The van der Waals surface area contributed by atoms with Gasteiger partial charge >= 0.3 is 0 Å². The first-order valence-corrected chi connectivity index (χ1v) is 16.4. The Bertz CT molecular complexity index is 1910. The molecule has 2 aliphatic heterocycles. The van der Waals surface area contributed by atoms with Gasteiger partial charge in [-0.2, -0.15) is 5.10 Å². The van der Waals surface area contributed by atoms with Crippen LogP contribution in [0.1, 0.15) is 61.8 Å². The summed E-state index contributed by atoms with van der Waals surface area (Å²) in [6, 6.07) is 11.7. The molecule has 3 N–H and O–H groups in total. The second kappa shape index (κ2) is 10.7. The standard InChI is InChI=1S/C35H37F2N7O3/c1-34-17-27-24(16-28(34)35(34,36)37)32(42-41-27)26-14-20-3-5-22(15-25(20)39-26)43(2)31(46)13-19-9-11-44(12-10-19)29-7-4-21(18-38-29)23-6-8-30(45)40-33(23)47/h3-5,7,14-15,18-19,23,28,39H,6,8-13,16-17H2,1-2H3,(H,41,42)(H,40,45,47). The first kappa shape index (κ1) is 29.8. The number of amides is 3. The first-order chi connectivity index (χ1) is 22.5. The Morgan fingerprint density at radius 3 is 2.66 bits per heavy atom. The number of rotatable bonds is 6. The lowest BCUT2D eigenvalue weighted by Crippen LogP contribution is -2.39. The van der Waals surface area contributed by atoms with Gasteiger partial charge in [-0.05, 0) is 61.4 Å². The van der Waals surface area contributed by atoms with Gasteiger partial charge in [-0.3, -0.25) is 24.8 Å². The van der Waals surface area contributed by atoms with Gasteiger partial charge in [0.2, 0.25) is 17.7 Å². The molecular weight excluding hydrogens is 604 g/mol. The van der Waals surface area contributed by atoms with Gasteiger partial charge in [-0.1, -0.05) is 19.1 Å². The highest BCUT2D eigenvalue weighted by Crippen LogP contribution is 2.70. The topological polar surface area (TPSA) is 127 Å². The van der Waals surface area contributed by atoms with Crippen LogP contribution in [-0.4, -0.2) is 63.9 Å². The summed E-state index contributed by atoms with van der Waals surface area (Å²) in [6.07, 6.45) is 5.37. The molecule has 1 aromatic carbocycles. The fourth-order valence-electron chi connectivity index (χ4n) is 7.98. The van der Waals surface area contributed by atoms with Crippen LogP contribution >= 0.6 is 0 Å². The number of pyridine rings is 1. The summed E-state index contributed by atoms with van der Waals surface area (Å²) in [6.45, 7) is 3.24. The number of fused-ring (bicyclic) bond motifs is 3. The third kappa shape index (κ3) is 4.91. The highest BCUT2D eigenvalue weighted by Gasteiger charge is 2.78. The van der Waals surface area contributed by atoms with Crippen LogP contribution in [0, 0.1) is 17.3 Å². The van der Waals surface area contributed by atoms with E-state index in [2.05, 4.69) is 30.4 Å². The molecule has 10 nitrogen and oxygen atoms in total. The molecule has 3 amide bonds. The minimum absolute atomic E-state index is 0.0519. The lowest BCUT2D eigenvalue weighted by molar-refractivity contribution is -0.134. The third-order valence-electron chi connectivity index (χ3n) is 11.2. The summed E-state index contributed by atoms with van der Waals surface area (Å²) < 4.78 is 28.9. The second-order valence-electron chi connectivity index (χ2n) is 14.0. The lowest BCUT2D eigenvalue weighted by atomic mass is 9.87. The fourth-order valence-corrected chi connectivity index (χ4v) is 7.98. The molecule has 2 aliphatic carbocycles. The maximum atomic E-state index is 14.4. The van der Waals surface area contributed by atoms with Crippen LogP contribution in [0.5, 0.6) is 0 Å². The van der Waals surface area contributed by atoms with Gasteiger partial charge in [0.05, 0.1) is 11.6 Å². The molecule has 3 unspecified atom stereocenters. The number of alkyl halides is 2. The Balaban J connectivity index is 0.882.